The van der Waals surface area contributed by atoms with Gasteiger partial charge in [-0.05, 0) is 17.5 Å². The van der Waals surface area contributed by atoms with Crippen molar-refractivity contribution in [3.8, 4) is 12.1 Å². The average Bonchev–Trinajstić information content (AvgIpc) is 2.81. The summed E-state index contributed by atoms with van der Waals surface area (Å²) in [5.41, 5.74) is 2.87. The van der Waals surface area contributed by atoms with Crippen molar-refractivity contribution in [2.24, 2.45) is 0 Å². The first kappa shape index (κ1) is 11.9. The van der Waals surface area contributed by atoms with Gasteiger partial charge >= 0.3 is 0 Å². The van der Waals surface area contributed by atoms with Gasteiger partial charge in [0.05, 0.1) is 6.33 Å². The van der Waals surface area contributed by atoms with Gasteiger partial charge < -0.3 is 4.57 Å². The molecule has 4 heteroatoms. The van der Waals surface area contributed by atoms with Crippen molar-refractivity contribution in [1.29, 1.82) is 10.5 Å². The van der Waals surface area contributed by atoms with Crippen molar-refractivity contribution in [3.63, 3.8) is 0 Å². The summed E-state index contributed by atoms with van der Waals surface area (Å²) in [7, 11) is 0. The molecule has 0 atom stereocenters. The maximum absolute atomic E-state index is 9.02. The van der Waals surface area contributed by atoms with E-state index in [-0.39, 0.29) is 5.69 Å². The zero-order valence-electron chi connectivity index (χ0n) is 10.1. The van der Waals surface area contributed by atoms with Crippen molar-refractivity contribution in [2.45, 2.75) is 19.9 Å². The Kier molecular flexibility index (Phi) is 3.41. The molecule has 88 valence electrons. The largest absolute Gasteiger partial charge is 0.317 e. The van der Waals surface area contributed by atoms with Crippen molar-refractivity contribution in [3.05, 3.63) is 53.1 Å². The number of hydrogen-bond donors (Lipinski definition) is 0. The predicted molar refractivity (Wildman–Crippen MR) is 66.6 cm³/mol. The summed E-state index contributed by atoms with van der Waals surface area (Å²) in [6.07, 6.45) is 2.54. The predicted octanol–water partition coefficient (Wildman–Crippen LogP) is 2.24. The molecular formula is C14H12N4. The van der Waals surface area contributed by atoms with Crippen LogP contribution in [0.1, 0.15) is 29.4 Å². The van der Waals surface area contributed by atoms with Crippen molar-refractivity contribution in [1.82, 2.24) is 9.55 Å². The normalized spacial score (nSPS) is 9.72. The number of imidazole rings is 1. The van der Waals surface area contributed by atoms with Gasteiger partial charge in [0.15, 0.2) is 11.4 Å². The highest BCUT2D eigenvalue weighted by atomic mass is 15.1. The molecule has 1 heterocycles. The van der Waals surface area contributed by atoms with E-state index in [2.05, 4.69) is 24.0 Å². The van der Waals surface area contributed by atoms with Crippen molar-refractivity contribution in [2.75, 3.05) is 0 Å². The lowest BCUT2D eigenvalue weighted by Gasteiger charge is -2.05. The molecule has 0 saturated heterocycles. The SMILES string of the molecule is CCc1ccc(Cn2cnc(C#N)c2C#N)cc1. The number of aromatic nitrogens is 2. The zero-order valence-corrected chi connectivity index (χ0v) is 10.1. The molecule has 0 aliphatic carbocycles. The lowest BCUT2D eigenvalue weighted by molar-refractivity contribution is 0.785. The van der Waals surface area contributed by atoms with E-state index in [0.29, 0.717) is 12.2 Å². The summed E-state index contributed by atoms with van der Waals surface area (Å²) >= 11 is 0. The fraction of sp³-hybridized carbons (Fsp3) is 0.214. The van der Waals surface area contributed by atoms with Gasteiger partial charge in [0.1, 0.15) is 12.1 Å². The molecule has 0 unspecified atom stereocenters. The number of hydrogen-bond acceptors (Lipinski definition) is 3. The summed E-state index contributed by atoms with van der Waals surface area (Å²) in [6.45, 7) is 2.67. The van der Waals surface area contributed by atoms with Crippen LogP contribution in [0.4, 0.5) is 0 Å². The first-order valence-corrected chi connectivity index (χ1v) is 5.71. The Labute approximate surface area is 106 Å². The van der Waals surface area contributed by atoms with Gasteiger partial charge in [-0.25, -0.2) is 4.98 Å². The average molecular weight is 236 g/mol. The maximum atomic E-state index is 9.02. The van der Waals surface area contributed by atoms with Crippen LogP contribution in [0.15, 0.2) is 30.6 Å². The van der Waals surface area contributed by atoms with Gasteiger partial charge in [-0.3, -0.25) is 0 Å². The lowest BCUT2D eigenvalue weighted by atomic mass is 10.1. The minimum atomic E-state index is 0.183. The molecule has 0 fully saturated rings. The fourth-order valence-electron chi connectivity index (χ4n) is 1.78. The Bertz CT molecular complexity index is 623. The number of rotatable bonds is 3. The molecular weight excluding hydrogens is 224 g/mol. The third-order valence-corrected chi connectivity index (χ3v) is 2.83. The monoisotopic (exact) mass is 236 g/mol. The van der Waals surface area contributed by atoms with Crippen molar-refractivity contribution >= 4 is 0 Å². The van der Waals surface area contributed by atoms with Gasteiger partial charge in [0, 0.05) is 6.54 Å². The number of nitrogens with zero attached hydrogens (tertiary/aromatic N) is 4. The quantitative estimate of drug-likeness (QED) is 0.820. The second-order valence-corrected chi connectivity index (χ2v) is 3.96. The number of benzene rings is 1. The minimum Gasteiger partial charge on any atom is -0.317 e. The van der Waals surface area contributed by atoms with Crippen LogP contribution in [0.5, 0.6) is 0 Å². The molecule has 0 aliphatic heterocycles. The third kappa shape index (κ3) is 2.23. The molecule has 2 rings (SSSR count). The summed E-state index contributed by atoms with van der Waals surface area (Å²) < 4.78 is 1.69. The second kappa shape index (κ2) is 5.16. The Morgan fingerprint density at radius 1 is 1.11 bits per heavy atom. The Hall–Kier alpha value is -2.59. The number of nitriles is 2. The van der Waals surface area contributed by atoms with Crippen molar-refractivity contribution < 1.29 is 0 Å². The van der Waals surface area contributed by atoms with Crippen LogP contribution in [-0.4, -0.2) is 9.55 Å². The summed E-state index contributed by atoms with van der Waals surface area (Å²) in [4.78, 5) is 3.91. The van der Waals surface area contributed by atoms with Crippen LogP contribution in [-0.2, 0) is 13.0 Å². The van der Waals surface area contributed by atoms with Crippen LogP contribution in [0.3, 0.4) is 0 Å². The molecule has 0 bridgehead atoms. The summed E-state index contributed by atoms with van der Waals surface area (Å²) in [5.74, 6) is 0. The Morgan fingerprint density at radius 2 is 1.78 bits per heavy atom. The molecule has 18 heavy (non-hydrogen) atoms. The van der Waals surface area contributed by atoms with Gasteiger partial charge in [-0.2, -0.15) is 10.5 Å². The van der Waals surface area contributed by atoms with E-state index in [4.69, 9.17) is 10.5 Å². The molecule has 0 saturated carbocycles. The van der Waals surface area contributed by atoms with E-state index in [0.717, 1.165) is 12.0 Å². The van der Waals surface area contributed by atoms with Gasteiger partial charge in [0.2, 0.25) is 0 Å². The third-order valence-electron chi connectivity index (χ3n) is 2.83. The summed E-state index contributed by atoms with van der Waals surface area (Å²) in [5, 5.41) is 17.8. The van der Waals surface area contributed by atoms with E-state index in [9.17, 15) is 0 Å². The van der Waals surface area contributed by atoms with Crippen LogP contribution >= 0.6 is 0 Å². The number of aryl methyl sites for hydroxylation is 1. The highest BCUT2D eigenvalue weighted by Gasteiger charge is 2.09. The van der Waals surface area contributed by atoms with Crippen LogP contribution in [0.2, 0.25) is 0 Å². The van der Waals surface area contributed by atoms with E-state index in [1.165, 1.54) is 11.9 Å². The van der Waals surface area contributed by atoms with E-state index in [1.807, 2.05) is 24.3 Å². The molecule has 1 aromatic carbocycles. The lowest BCUT2D eigenvalue weighted by Crippen LogP contribution is -2.01. The second-order valence-electron chi connectivity index (χ2n) is 3.96. The molecule has 0 N–H and O–H groups in total. The van der Waals surface area contributed by atoms with Gasteiger partial charge in [-0.1, -0.05) is 31.2 Å². The highest BCUT2D eigenvalue weighted by Crippen LogP contribution is 2.10. The molecule has 1 aromatic heterocycles. The molecule has 0 amide bonds. The first-order chi connectivity index (χ1) is 8.78. The summed E-state index contributed by atoms with van der Waals surface area (Å²) in [6, 6.07) is 12.1. The molecule has 2 aromatic rings. The van der Waals surface area contributed by atoms with Gasteiger partial charge in [-0.15, -0.1) is 0 Å². The maximum Gasteiger partial charge on any atom is 0.176 e. The van der Waals surface area contributed by atoms with Crippen LogP contribution < -0.4 is 0 Å². The molecule has 0 radical (unpaired) electrons. The smallest absolute Gasteiger partial charge is 0.176 e. The Morgan fingerprint density at radius 3 is 2.33 bits per heavy atom. The first-order valence-electron chi connectivity index (χ1n) is 5.71. The van der Waals surface area contributed by atoms with Crippen LogP contribution in [0, 0.1) is 22.7 Å². The zero-order chi connectivity index (χ0) is 13.0. The fourth-order valence-corrected chi connectivity index (χ4v) is 1.78. The molecule has 0 aliphatic rings. The van der Waals surface area contributed by atoms with E-state index >= 15 is 0 Å². The minimum absolute atomic E-state index is 0.183. The van der Waals surface area contributed by atoms with Gasteiger partial charge in [0.25, 0.3) is 0 Å². The molecule has 4 nitrogen and oxygen atoms in total. The topological polar surface area (TPSA) is 65.4 Å². The highest BCUT2D eigenvalue weighted by molar-refractivity contribution is 5.36. The van der Waals surface area contributed by atoms with E-state index in [1.54, 1.807) is 4.57 Å². The van der Waals surface area contributed by atoms with Crippen LogP contribution in [0.25, 0.3) is 0 Å². The standard InChI is InChI=1S/C14H12N4/c1-2-11-3-5-12(6-4-11)9-18-10-17-13(7-15)14(18)8-16/h3-6,10H,2,9H2,1H3. The molecule has 0 spiro atoms. The van der Waals surface area contributed by atoms with E-state index < -0.39 is 0 Å². The Balaban J connectivity index is 2.26.